The Morgan fingerprint density at radius 2 is 1.83 bits per heavy atom. The molecule has 1 amide bonds. The van der Waals surface area contributed by atoms with Crippen LogP contribution in [0.1, 0.15) is 58.9 Å². The Morgan fingerprint density at radius 1 is 1.05 bits per heavy atom. The Bertz CT molecular complexity index is 1670. The number of carbonyl (C=O) groups is 2. The van der Waals surface area contributed by atoms with E-state index in [9.17, 15) is 9.59 Å². The number of nitrogens with zero attached hydrogens (tertiary/aromatic N) is 3. The van der Waals surface area contributed by atoms with E-state index in [-0.39, 0.29) is 23.9 Å². The molecule has 1 aliphatic rings. The lowest BCUT2D eigenvalue weighted by Gasteiger charge is -2.28. The Morgan fingerprint density at radius 3 is 2.50 bits per heavy atom. The molecular formula is C32H32ClN5O3S. The third-order valence-electron chi connectivity index (χ3n) is 7.43. The van der Waals surface area contributed by atoms with Gasteiger partial charge in [-0.15, -0.1) is 0 Å². The van der Waals surface area contributed by atoms with Crippen LogP contribution >= 0.6 is 23.8 Å². The molecule has 0 spiro atoms. The summed E-state index contributed by atoms with van der Waals surface area (Å²) in [5.41, 5.74) is 6.50. The number of ether oxygens (including phenoxy) is 1. The minimum Gasteiger partial charge on any atom is -0.465 e. The van der Waals surface area contributed by atoms with Crippen molar-refractivity contribution in [3.63, 3.8) is 0 Å². The zero-order valence-electron chi connectivity index (χ0n) is 24.0. The van der Waals surface area contributed by atoms with Gasteiger partial charge in [0.1, 0.15) is 0 Å². The normalized spacial score (nSPS) is 16.5. The van der Waals surface area contributed by atoms with Crippen LogP contribution in [0.4, 0.5) is 11.4 Å². The molecule has 2 atom stereocenters. The van der Waals surface area contributed by atoms with E-state index in [1.165, 1.54) is 7.11 Å². The molecule has 1 saturated heterocycles. The first kappa shape index (κ1) is 29.3. The fourth-order valence-corrected chi connectivity index (χ4v) is 5.92. The van der Waals surface area contributed by atoms with E-state index in [4.69, 9.17) is 28.6 Å². The summed E-state index contributed by atoms with van der Waals surface area (Å²) in [6.45, 7) is 7.75. The maximum atomic E-state index is 12.3. The maximum Gasteiger partial charge on any atom is 0.337 e. The average molecular weight is 602 g/mol. The number of carbonyl (C=O) groups excluding carboxylic acids is 2. The molecule has 1 aliphatic heterocycles. The van der Waals surface area contributed by atoms with Crippen molar-refractivity contribution in [2.24, 2.45) is 5.92 Å². The standard InChI is InChI=1S/C32H32ClN5O3S/c1-18(2)30(39)35-26-13-12-23(17-25(26)33)38-29(28(36-32(38)42)27-11-6-7-14-34-27)24-15-19(3)37(20(24)4)22-10-8-9-21(16-22)31(40)41-5/h6-18,28-29H,1-5H3,(H,35,39)(H,36,42)/t28-,29+/m1/s1. The first-order valence-electron chi connectivity index (χ1n) is 13.6. The summed E-state index contributed by atoms with van der Waals surface area (Å²) in [6, 6.07) is 20.3. The number of amides is 1. The highest BCUT2D eigenvalue weighted by Crippen LogP contribution is 2.44. The number of aryl methyl sites for hydroxylation is 1. The van der Waals surface area contributed by atoms with E-state index in [2.05, 4.69) is 33.2 Å². The summed E-state index contributed by atoms with van der Waals surface area (Å²) in [7, 11) is 1.37. The van der Waals surface area contributed by atoms with Gasteiger partial charge in [-0.25, -0.2) is 4.79 Å². The smallest absolute Gasteiger partial charge is 0.337 e. The lowest BCUT2D eigenvalue weighted by atomic mass is 9.96. The largest absolute Gasteiger partial charge is 0.465 e. The second kappa shape index (κ2) is 12.0. The molecule has 10 heteroatoms. The van der Waals surface area contributed by atoms with Crippen molar-refractivity contribution in [1.29, 1.82) is 0 Å². The monoisotopic (exact) mass is 601 g/mol. The summed E-state index contributed by atoms with van der Waals surface area (Å²) >= 11 is 12.6. The van der Waals surface area contributed by atoms with Crippen molar-refractivity contribution >= 4 is 52.2 Å². The first-order valence-corrected chi connectivity index (χ1v) is 14.4. The van der Waals surface area contributed by atoms with Gasteiger partial charge < -0.3 is 24.8 Å². The Labute approximate surface area is 255 Å². The molecule has 0 radical (unpaired) electrons. The van der Waals surface area contributed by atoms with Crippen molar-refractivity contribution < 1.29 is 14.3 Å². The molecule has 1 fully saturated rings. The van der Waals surface area contributed by atoms with E-state index >= 15 is 0 Å². The van der Waals surface area contributed by atoms with Gasteiger partial charge in [0.25, 0.3) is 0 Å². The van der Waals surface area contributed by atoms with E-state index < -0.39 is 5.97 Å². The van der Waals surface area contributed by atoms with Gasteiger partial charge in [-0.2, -0.15) is 0 Å². The fourth-order valence-electron chi connectivity index (χ4n) is 5.36. The summed E-state index contributed by atoms with van der Waals surface area (Å²) in [6.07, 6.45) is 1.77. The molecule has 42 heavy (non-hydrogen) atoms. The molecule has 2 aromatic heterocycles. The number of aromatic nitrogens is 2. The molecule has 216 valence electrons. The topological polar surface area (TPSA) is 88.5 Å². The lowest BCUT2D eigenvalue weighted by molar-refractivity contribution is -0.118. The van der Waals surface area contributed by atoms with Crippen LogP contribution in [0.15, 0.2) is 72.9 Å². The van der Waals surface area contributed by atoms with Crippen LogP contribution in [0.5, 0.6) is 0 Å². The Balaban J connectivity index is 1.62. The zero-order chi connectivity index (χ0) is 30.1. The number of nitrogens with one attached hydrogen (secondary N) is 2. The predicted octanol–water partition coefficient (Wildman–Crippen LogP) is 6.70. The highest BCUT2D eigenvalue weighted by atomic mass is 35.5. The SMILES string of the molecule is COC(=O)c1cccc(-n2c(C)cc([C@H]3[C@@H](c4ccccn4)NC(=S)N3c3ccc(NC(=O)C(C)C)c(Cl)c3)c2C)c1. The second-order valence-electron chi connectivity index (χ2n) is 10.5. The number of anilines is 2. The third kappa shape index (κ3) is 5.49. The highest BCUT2D eigenvalue weighted by molar-refractivity contribution is 7.80. The van der Waals surface area contributed by atoms with Gasteiger partial charge in [0.15, 0.2) is 5.11 Å². The van der Waals surface area contributed by atoms with Crippen molar-refractivity contribution in [2.45, 2.75) is 39.8 Å². The quantitative estimate of drug-likeness (QED) is 0.180. The second-order valence-corrected chi connectivity index (χ2v) is 11.3. The fraction of sp³-hybridized carbons (Fsp3) is 0.250. The summed E-state index contributed by atoms with van der Waals surface area (Å²) in [5.74, 6) is -0.681. The number of hydrogen-bond acceptors (Lipinski definition) is 5. The van der Waals surface area contributed by atoms with Gasteiger partial charge in [-0.05, 0) is 86.2 Å². The number of hydrogen-bond donors (Lipinski definition) is 2. The number of methoxy groups -OCH3 is 1. The predicted molar refractivity (Wildman–Crippen MR) is 169 cm³/mol. The van der Waals surface area contributed by atoms with Crippen LogP contribution in [0.3, 0.4) is 0 Å². The highest BCUT2D eigenvalue weighted by Gasteiger charge is 2.42. The van der Waals surface area contributed by atoms with Crippen molar-refractivity contribution in [3.8, 4) is 5.69 Å². The van der Waals surface area contributed by atoms with Gasteiger partial charge in [0.2, 0.25) is 5.91 Å². The average Bonchev–Trinajstić information content (AvgIpc) is 3.48. The third-order valence-corrected chi connectivity index (χ3v) is 8.05. The van der Waals surface area contributed by atoms with Crippen molar-refractivity contribution in [1.82, 2.24) is 14.9 Å². The van der Waals surface area contributed by atoms with E-state index in [0.29, 0.717) is 21.4 Å². The summed E-state index contributed by atoms with van der Waals surface area (Å²) in [5, 5.41) is 7.32. The Hall–Kier alpha value is -4.21. The van der Waals surface area contributed by atoms with Gasteiger partial charge in [-0.1, -0.05) is 37.6 Å². The minimum atomic E-state index is -0.392. The number of pyridine rings is 1. The molecule has 3 heterocycles. The lowest BCUT2D eigenvalue weighted by Crippen LogP contribution is -2.29. The minimum absolute atomic E-state index is 0.111. The number of rotatable bonds is 7. The van der Waals surface area contributed by atoms with Crippen LogP contribution in [-0.2, 0) is 9.53 Å². The summed E-state index contributed by atoms with van der Waals surface area (Å²) < 4.78 is 7.06. The zero-order valence-corrected chi connectivity index (χ0v) is 25.6. The van der Waals surface area contributed by atoms with Crippen molar-refractivity contribution in [3.05, 3.63) is 106 Å². The molecule has 2 N–H and O–H groups in total. The molecule has 0 saturated carbocycles. The van der Waals surface area contributed by atoms with Crippen LogP contribution in [-0.4, -0.2) is 33.6 Å². The van der Waals surface area contributed by atoms with E-state index in [1.54, 1.807) is 18.3 Å². The van der Waals surface area contributed by atoms with Crippen LogP contribution in [0.25, 0.3) is 5.69 Å². The molecule has 4 aromatic rings. The van der Waals surface area contributed by atoms with Crippen LogP contribution in [0, 0.1) is 19.8 Å². The van der Waals surface area contributed by atoms with Gasteiger partial charge in [-0.3, -0.25) is 9.78 Å². The van der Waals surface area contributed by atoms with Gasteiger partial charge in [0, 0.05) is 34.9 Å². The van der Waals surface area contributed by atoms with Gasteiger partial charge >= 0.3 is 5.97 Å². The van der Waals surface area contributed by atoms with Crippen LogP contribution < -0.4 is 15.5 Å². The maximum absolute atomic E-state index is 12.3. The van der Waals surface area contributed by atoms with Gasteiger partial charge in [0.05, 0.1) is 41.2 Å². The molecule has 2 aromatic carbocycles. The Kier molecular flexibility index (Phi) is 8.34. The molecule has 0 unspecified atom stereocenters. The molecule has 0 bridgehead atoms. The van der Waals surface area contributed by atoms with E-state index in [1.807, 2.05) is 74.2 Å². The number of benzene rings is 2. The summed E-state index contributed by atoms with van der Waals surface area (Å²) in [4.78, 5) is 31.3. The molecule has 8 nitrogen and oxygen atoms in total. The number of halogens is 1. The number of thiocarbonyl (C=S) groups is 1. The molecular weight excluding hydrogens is 570 g/mol. The first-order chi connectivity index (χ1) is 20.1. The van der Waals surface area contributed by atoms with E-state index in [0.717, 1.165) is 34.0 Å². The molecule has 0 aliphatic carbocycles. The van der Waals surface area contributed by atoms with Crippen LogP contribution in [0.2, 0.25) is 5.02 Å². The number of esters is 1. The molecule has 5 rings (SSSR count). The van der Waals surface area contributed by atoms with Crippen molar-refractivity contribution in [2.75, 3.05) is 17.3 Å².